The summed E-state index contributed by atoms with van der Waals surface area (Å²) in [4.78, 5) is 33.1. The molecule has 0 amide bonds. The zero-order valence-corrected chi connectivity index (χ0v) is 31.2. The number of hydrogen-bond acceptors (Lipinski definition) is 3. The number of aromatic amines is 4. The highest BCUT2D eigenvalue weighted by Gasteiger charge is 2.75. The maximum atomic E-state index is 16.1. The number of ether oxygens (including phenoxy) is 1. The summed E-state index contributed by atoms with van der Waals surface area (Å²) in [5.41, 5.74) is -8.43. The number of aromatic nitrogens is 4. The van der Waals surface area contributed by atoms with Crippen molar-refractivity contribution in [2.75, 3.05) is 7.11 Å². The Morgan fingerprint density at radius 2 is 0.778 bits per heavy atom. The number of rotatable bonds is 8. The summed E-state index contributed by atoms with van der Waals surface area (Å²) < 4.78 is 212. The standard InChI is InChI=1S/C41H24F14N4O4/c1-63-35(62)21-8-4-19(5-9-21)31-24-12-16-28(58-24)32(36(42,43)38(46,47)40(50,51)52)26-14-10-22(56-26)30(18-2-6-20(7-3-18)34(60)61)23-11-15-27(57-23)33(29-17-13-25(31)59-29)37(44,45)39(48,49)41(53,54)55/h2-17,56-59H,1H3,(H,60,61). The van der Waals surface area contributed by atoms with Gasteiger partial charge >= 0.3 is 48.0 Å². The van der Waals surface area contributed by atoms with Crippen molar-refractivity contribution >= 4 is 34.2 Å². The number of aromatic carboxylic acids is 1. The first-order valence-electron chi connectivity index (χ1n) is 17.7. The SMILES string of the molecule is COC(=O)c1ccc(C2=c3ccc([nH]3)=C(C(F)(F)C(F)(F)C(F)(F)F)c3ccc([nH]3)C(c3ccc(C(=O)O)cc3)=c3ccc([nH]3)=C(C(F)(F)C(F)(F)C(F)(F)F)c3ccc2[nH]3)cc1. The van der Waals surface area contributed by atoms with Crippen molar-refractivity contribution in [1.29, 1.82) is 0 Å². The van der Waals surface area contributed by atoms with Crippen LogP contribution >= 0.6 is 0 Å². The molecule has 0 spiro atoms. The van der Waals surface area contributed by atoms with E-state index >= 15 is 17.6 Å². The van der Waals surface area contributed by atoms with Gasteiger partial charge < -0.3 is 29.8 Å². The number of carboxylic acid groups (broad SMARTS) is 1. The molecule has 7 rings (SSSR count). The molecule has 6 aromatic rings. The molecule has 1 aliphatic heterocycles. The minimum absolute atomic E-state index is 0.0917. The van der Waals surface area contributed by atoms with Crippen molar-refractivity contribution in [2.45, 2.75) is 36.0 Å². The van der Waals surface area contributed by atoms with Crippen LogP contribution in [0.1, 0.15) is 54.6 Å². The number of carboxylic acids is 1. The van der Waals surface area contributed by atoms with Gasteiger partial charge in [-0.25, -0.2) is 9.59 Å². The van der Waals surface area contributed by atoms with E-state index in [2.05, 4.69) is 24.7 Å². The van der Waals surface area contributed by atoms with Crippen molar-refractivity contribution < 1.29 is 80.9 Å². The van der Waals surface area contributed by atoms with Gasteiger partial charge in [0.2, 0.25) is 0 Å². The van der Waals surface area contributed by atoms with Crippen molar-refractivity contribution in [1.82, 2.24) is 19.9 Å². The maximum absolute atomic E-state index is 16.1. The fourth-order valence-corrected chi connectivity index (χ4v) is 6.97. The second-order valence-corrected chi connectivity index (χ2v) is 13.9. The molecule has 0 saturated carbocycles. The van der Waals surface area contributed by atoms with Crippen LogP contribution in [0.5, 0.6) is 0 Å². The summed E-state index contributed by atoms with van der Waals surface area (Å²) in [6, 6.07) is 14.8. The molecule has 0 radical (unpaired) electrons. The molecule has 5 heterocycles. The molecular formula is C41H24F14N4O4. The van der Waals surface area contributed by atoms with Crippen LogP contribution in [0, 0.1) is 0 Å². The lowest BCUT2D eigenvalue weighted by atomic mass is 9.98. The van der Waals surface area contributed by atoms with Crippen LogP contribution in [0.15, 0.2) is 97.1 Å². The average molecular weight is 903 g/mol. The summed E-state index contributed by atoms with van der Waals surface area (Å²) >= 11 is 0. The van der Waals surface area contributed by atoms with Crippen LogP contribution in [0.4, 0.5) is 61.5 Å². The molecular weight excluding hydrogens is 878 g/mol. The van der Waals surface area contributed by atoms with E-state index in [4.69, 9.17) is 0 Å². The van der Waals surface area contributed by atoms with Crippen LogP contribution in [-0.4, -0.2) is 80.1 Å². The third kappa shape index (κ3) is 7.15. The number of carbonyl (C=O) groups is 2. The van der Waals surface area contributed by atoms with E-state index in [9.17, 15) is 58.6 Å². The highest BCUT2D eigenvalue weighted by atomic mass is 19.4. The smallest absolute Gasteiger partial charge is 0.460 e. The molecule has 4 aromatic heterocycles. The monoisotopic (exact) mass is 902 g/mol. The summed E-state index contributed by atoms with van der Waals surface area (Å²) in [6.07, 6.45) is -13.7. The van der Waals surface area contributed by atoms with E-state index in [0.717, 1.165) is 79.9 Å². The molecule has 5 N–H and O–H groups in total. The topological polar surface area (TPSA) is 127 Å². The Bertz CT molecular complexity index is 3020. The molecule has 0 aliphatic carbocycles. The lowest BCUT2D eigenvalue weighted by Crippen LogP contribution is -2.54. The van der Waals surface area contributed by atoms with Crippen LogP contribution in [0.2, 0.25) is 0 Å². The maximum Gasteiger partial charge on any atom is 0.460 e. The van der Waals surface area contributed by atoms with Crippen LogP contribution in [0.3, 0.4) is 0 Å². The average Bonchev–Trinajstić information content (AvgIpc) is 4.05. The van der Waals surface area contributed by atoms with Gasteiger partial charge in [-0.3, -0.25) is 0 Å². The zero-order chi connectivity index (χ0) is 46.2. The van der Waals surface area contributed by atoms with Gasteiger partial charge in [-0.1, -0.05) is 24.3 Å². The Morgan fingerprint density at radius 1 is 0.444 bits per heavy atom. The minimum atomic E-state index is -6.84. The van der Waals surface area contributed by atoms with Crippen molar-refractivity contribution in [3.05, 3.63) is 163 Å². The van der Waals surface area contributed by atoms with Gasteiger partial charge in [0.05, 0.1) is 51.5 Å². The number of alkyl halides is 14. The Labute approximate surface area is 341 Å². The summed E-state index contributed by atoms with van der Waals surface area (Å²) in [5, 5.41) is 6.32. The number of H-pyrrole nitrogens is 4. The number of fused-ring (bicyclic) bond motifs is 8. The second-order valence-electron chi connectivity index (χ2n) is 13.9. The molecule has 0 fully saturated rings. The first kappa shape index (κ1) is 44.1. The number of nitrogens with one attached hydrogen (secondary N) is 4. The van der Waals surface area contributed by atoms with Gasteiger partial charge in [-0.15, -0.1) is 0 Å². The normalized spacial score (nSPS) is 14.3. The van der Waals surface area contributed by atoms with E-state index in [1.807, 2.05) is 0 Å². The van der Waals surface area contributed by atoms with Crippen LogP contribution in [0.25, 0.3) is 22.3 Å². The molecule has 0 atom stereocenters. The van der Waals surface area contributed by atoms with Crippen molar-refractivity contribution in [2.24, 2.45) is 0 Å². The number of benzene rings is 2. The Morgan fingerprint density at radius 3 is 1.11 bits per heavy atom. The first-order valence-corrected chi connectivity index (χ1v) is 17.7. The number of methoxy groups -OCH3 is 1. The van der Waals surface area contributed by atoms with Gasteiger partial charge in [-0.05, 0) is 83.9 Å². The third-order valence-electron chi connectivity index (χ3n) is 10.0. The fraction of sp³-hybridized carbons (Fsp3) is 0.171. The van der Waals surface area contributed by atoms with Gasteiger partial charge in [0, 0.05) is 33.2 Å². The van der Waals surface area contributed by atoms with Crippen LogP contribution in [-0.2, 0) is 4.74 Å². The zero-order valence-electron chi connectivity index (χ0n) is 31.2. The molecule has 1 aliphatic rings. The molecule has 22 heteroatoms. The van der Waals surface area contributed by atoms with Crippen molar-refractivity contribution in [3.8, 4) is 0 Å². The third-order valence-corrected chi connectivity index (χ3v) is 10.0. The Hall–Kier alpha value is -7.00. The molecule has 8 nitrogen and oxygen atoms in total. The number of carbonyl (C=O) groups excluding carboxylic acids is 1. The van der Waals surface area contributed by atoms with Gasteiger partial charge in [-0.2, -0.15) is 61.5 Å². The molecule has 63 heavy (non-hydrogen) atoms. The lowest BCUT2D eigenvalue weighted by Gasteiger charge is -2.29. The Balaban J connectivity index is 1.68. The van der Waals surface area contributed by atoms with Gasteiger partial charge in [0.15, 0.2) is 0 Å². The number of halogens is 14. The molecule has 0 saturated heterocycles. The second kappa shape index (κ2) is 14.8. The molecule has 2 aromatic carbocycles. The van der Waals surface area contributed by atoms with Crippen LogP contribution < -0.4 is 21.4 Å². The fourth-order valence-electron chi connectivity index (χ4n) is 6.97. The first-order chi connectivity index (χ1) is 29.2. The quantitative estimate of drug-likeness (QED) is 0.0809. The van der Waals surface area contributed by atoms with Gasteiger partial charge in [0.1, 0.15) is 0 Å². The number of esters is 1. The lowest BCUT2D eigenvalue weighted by molar-refractivity contribution is -0.339. The largest absolute Gasteiger partial charge is 0.478 e. The van der Waals surface area contributed by atoms with E-state index in [1.165, 1.54) is 0 Å². The van der Waals surface area contributed by atoms with Crippen molar-refractivity contribution in [3.63, 3.8) is 0 Å². The predicted octanol–water partition coefficient (Wildman–Crippen LogP) is 7.36. The highest BCUT2D eigenvalue weighted by Crippen LogP contribution is 2.53. The van der Waals surface area contributed by atoms with E-state index < -0.39 is 103 Å². The highest BCUT2D eigenvalue weighted by molar-refractivity contribution is 5.91. The van der Waals surface area contributed by atoms with E-state index in [0.29, 0.717) is 24.3 Å². The van der Waals surface area contributed by atoms with E-state index in [-0.39, 0.29) is 33.4 Å². The van der Waals surface area contributed by atoms with E-state index in [1.54, 1.807) is 0 Å². The summed E-state index contributed by atoms with van der Waals surface area (Å²) in [5.74, 6) is -28.0. The molecule has 0 unspecified atom stereocenters. The Kier molecular flexibility index (Phi) is 10.4. The van der Waals surface area contributed by atoms with Gasteiger partial charge in [0.25, 0.3) is 0 Å². The number of hydrogen-bond donors (Lipinski definition) is 5. The molecule has 330 valence electrons. The predicted molar refractivity (Wildman–Crippen MR) is 193 cm³/mol. The summed E-state index contributed by atoms with van der Waals surface area (Å²) in [6.45, 7) is 0. The summed E-state index contributed by atoms with van der Waals surface area (Å²) in [7, 11) is 1.03. The minimum Gasteiger partial charge on any atom is -0.478 e. The molecule has 8 bridgehead atoms.